The van der Waals surface area contributed by atoms with Crippen LogP contribution in [0, 0.1) is 34.6 Å². The SMILES string of the molecule is Cc1noc(-c2ccc(C(=O)N3CCN(S(=O)(=O)c4c(C)c(C)cc(C)c4C)CC3)cc2)n1. The van der Waals surface area contributed by atoms with E-state index >= 15 is 0 Å². The summed E-state index contributed by atoms with van der Waals surface area (Å²) in [5.41, 5.74) is 4.77. The standard InChI is InChI=1S/C24H28N4O4S/c1-15-14-16(2)18(4)22(17(15)3)33(30,31)28-12-10-27(11-13-28)24(29)21-8-6-20(7-9-21)23-25-19(5)26-32-23/h6-9,14H,10-13H2,1-5H3. The van der Waals surface area contributed by atoms with E-state index in [1.807, 2.05) is 33.8 Å². The maximum absolute atomic E-state index is 13.5. The number of carbonyl (C=O) groups is 1. The van der Waals surface area contributed by atoms with Crippen molar-refractivity contribution in [2.75, 3.05) is 26.2 Å². The van der Waals surface area contributed by atoms with Crippen LogP contribution in [0.4, 0.5) is 0 Å². The first-order chi connectivity index (χ1) is 15.6. The van der Waals surface area contributed by atoms with Crippen molar-refractivity contribution in [1.29, 1.82) is 0 Å². The van der Waals surface area contributed by atoms with Gasteiger partial charge in [-0.1, -0.05) is 11.2 Å². The molecular weight excluding hydrogens is 440 g/mol. The van der Waals surface area contributed by atoms with Gasteiger partial charge in [0.05, 0.1) is 4.90 Å². The fraction of sp³-hybridized carbons (Fsp3) is 0.375. The van der Waals surface area contributed by atoms with Crippen molar-refractivity contribution in [2.45, 2.75) is 39.5 Å². The summed E-state index contributed by atoms with van der Waals surface area (Å²) in [5.74, 6) is 0.825. The third-order valence-corrected chi connectivity index (χ3v) is 8.50. The summed E-state index contributed by atoms with van der Waals surface area (Å²) in [5, 5.41) is 3.78. The molecule has 1 saturated heterocycles. The van der Waals surface area contributed by atoms with E-state index in [0.29, 0.717) is 35.3 Å². The molecular formula is C24H28N4O4S. The van der Waals surface area contributed by atoms with Crippen LogP contribution in [0.15, 0.2) is 39.8 Å². The number of hydrogen-bond acceptors (Lipinski definition) is 6. The minimum Gasteiger partial charge on any atom is -0.336 e. The highest BCUT2D eigenvalue weighted by Crippen LogP contribution is 2.29. The average Bonchev–Trinajstić information content (AvgIpc) is 3.24. The van der Waals surface area contributed by atoms with Gasteiger partial charge in [0.1, 0.15) is 0 Å². The maximum atomic E-state index is 13.5. The summed E-state index contributed by atoms with van der Waals surface area (Å²) >= 11 is 0. The van der Waals surface area contributed by atoms with Crippen molar-refractivity contribution >= 4 is 15.9 Å². The number of benzene rings is 2. The second-order valence-corrected chi connectivity index (χ2v) is 10.4. The Labute approximate surface area is 194 Å². The van der Waals surface area contributed by atoms with Gasteiger partial charge < -0.3 is 9.42 Å². The Bertz CT molecular complexity index is 1280. The van der Waals surface area contributed by atoms with Gasteiger partial charge in [-0.15, -0.1) is 0 Å². The molecule has 0 bridgehead atoms. The van der Waals surface area contributed by atoms with Gasteiger partial charge in [0, 0.05) is 37.3 Å². The smallest absolute Gasteiger partial charge is 0.257 e. The highest BCUT2D eigenvalue weighted by atomic mass is 32.2. The minimum atomic E-state index is -3.64. The molecule has 33 heavy (non-hydrogen) atoms. The molecule has 9 heteroatoms. The molecule has 2 aromatic carbocycles. The Balaban J connectivity index is 1.47. The third kappa shape index (κ3) is 4.30. The van der Waals surface area contributed by atoms with Gasteiger partial charge in [-0.05, 0) is 81.1 Å². The van der Waals surface area contributed by atoms with Gasteiger partial charge in [0.15, 0.2) is 5.82 Å². The first kappa shape index (κ1) is 23.1. The van der Waals surface area contributed by atoms with Gasteiger partial charge >= 0.3 is 0 Å². The predicted octanol–water partition coefficient (Wildman–Crippen LogP) is 3.43. The van der Waals surface area contributed by atoms with E-state index < -0.39 is 10.0 Å². The van der Waals surface area contributed by atoms with Crippen LogP contribution in [-0.4, -0.2) is 59.8 Å². The van der Waals surface area contributed by atoms with E-state index in [1.54, 1.807) is 36.1 Å². The van der Waals surface area contributed by atoms with Crippen LogP contribution in [0.25, 0.3) is 11.5 Å². The summed E-state index contributed by atoms with van der Waals surface area (Å²) in [7, 11) is -3.64. The molecule has 1 aliphatic heterocycles. The summed E-state index contributed by atoms with van der Waals surface area (Å²) < 4.78 is 33.6. The van der Waals surface area contributed by atoms with Crippen molar-refractivity contribution in [2.24, 2.45) is 0 Å². The summed E-state index contributed by atoms with van der Waals surface area (Å²) in [6, 6.07) is 9.01. The number of carbonyl (C=O) groups excluding carboxylic acids is 1. The molecule has 4 rings (SSSR count). The van der Waals surface area contributed by atoms with Gasteiger partial charge in [0.25, 0.3) is 11.8 Å². The number of aromatic nitrogens is 2. The van der Waals surface area contributed by atoms with E-state index in [9.17, 15) is 13.2 Å². The lowest BCUT2D eigenvalue weighted by Gasteiger charge is -2.35. The molecule has 0 N–H and O–H groups in total. The number of nitrogens with zero attached hydrogens (tertiary/aromatic N) is 4. The highest BCUT2D eigenvalue weighted by Gasteiger charge is 2.33. The van der Waals surface area contributed by atoms with Crippen molar-refractivity contribution in [3.05, 3.63) is 64.0 Å². The fourth-order valence-electron chi connectivity index (χ4n) is 4.18. The van der Waals surface area contributed by atoms with Crippen LogP contribution in [0.1, 0.15) is 38.4 Å². The lowest BCUT2D eigenvalue weighted by molar-refractivity contribution is 0.0698. The normalized spacial score (nSPS) is 15.1. The molecule has 174 valence electrons. The molecule has 0 radical (unpaired) electrons. The van der Waals surface area contributed by atoms with Crippen LogP contribution in [0.3, 0.4) is 0 Å². The van der Waals surface area contributed by atoms with E-state index in [1.165, 1.54) is 4.31 Å². The van der Waals surface area contributed by atoms with Gasteiger partial charge in [-0.2, -0.15) is 9.29 Å². The largest absolute Gasteiger partial charge is 0.336 e. The van der Waals surface area contributed by atoms with Crippen LogP contribution in [0.2, 0.25) is 0 Å². The number of sulfonamides is 1. The second-order valence-electron chi connectivity index (χ2n) is 8.51. The number of amides is 1. The first-order valence-electron chi connectivity index (χ1n) is 10.9. The number of aryl methyl sites for hydroxylation is 3. The average molecular weight is 469 g/mol. The zero-order chi connectivity index (χ0) is 23.9. The van der Waals surface area contributed by atoms with Crippen LogP contribution in [-0.2, 0) is 10.0 Å². The van der Waals surface area contributed by atoms with E-state index in [0.717, 1.165) is 27.8 Å². The summed E-state index contributed by atoms with van der Waals surface area (Å²) in [6.45, 7) is 10.5. The Hall–Kier alpha value is -3.04. The third-order valence-electron chi connectivity index (χ3n) is 6.33. The number of rotatable bonds is 4. The Kier molecular flexibility index (Phi) is 6.11. The lowest BCUT2D eigenvalue weighted by Crippen LogP contribution is -2.50. The Morgan fingerprint density at radius 1 is 0.909 bits per heavy atom. The van der Waals surface area contributed by atoms with E-state index in [2.05, 4.69) is 10.1 Å². The highest BCUT2D eigenvalue weighted by molar-refractivity contribution is 7.89. The molecule has 0 unspecified atom stereocenters. The molecule has 0 aliphatic carbocycles. The molecule has 3 aromatic rings. The maximum Gasteiger partial charge on any atom is 0.257 e. The van der Waals surface area contributed by atoms with Crippen LogP contribution in [0.5, 0.6) is 0 Å². The Morgan fingerprint density at radius 3 is 2.00 bits per heavy atom. The minimum absolute atomic E-state index is 0.126. The summed E-state index contributed by atoms with van der Waals surface area (Å²) in [4.78, 5) is 19.3. The summed E-state index contributed by atoms with van der Waals surface area (Å²) in [6.07, 6.45) is 0. The number of piperazine rings is 1. The Morgan fingerprint density at radius 2 is 1.48 bits per heavy atom. The van der Waals surface area contributed by atoms with E-state index in [4.69, 9.17) is 4.52 Å². The quantitative estimate of drug-likeness (QED) is 0.582. The second kappa shape index (κ2) is 8.72. The van der Waals surface area contributed by atoms with Crippen molar-refractivity contribution in [3.8, 4) is 11.5 Å². The molecule has 0 spiro atoms. The molecule has 8 nitrogen and oxygen atoms in total. The number of hydrogen-bond donors (Lipinski definition) is 0. The van der Waals surface area contributed by atoms with Crippen molar-refractivity contribution in [1.82, 2.24) is 19.3 Å². The fourth-order valence-corrected chi connectivity index (χ4v) is 6.18. The topological polar surface area (TPSA) is 96.6 Å². The predicted molar refractivity (Wildman–Crippen MR) is 125 cm³/mol. The molecule has 0 saturated carbocycles. The van der Waals surface area contributed by atoms with Gasteiger partial charge in [-0.3, -0.25) is 4.79 Å². The van der Waals surface area contributed by atoms with Crippen molar-refractivity contribution in [3.63, 3.8) is 0 Å². The molecule has 1 aliphatic rings. The molecule has 0 atom stereocenters. The van der Waals surface area contributed by atoms with E-state index in [-0.39, 0.29) is 19.0 Å². The lowest BCUT2D eigenvalue weighted by atomic mass is 10.0. The van der Waals surface area contributed by atoms with Gasteiger partial charge in [0.2, 0.25) is 10.0 Å². The molecule has 1 amide bonds. The molecule has 1 fully saturated rings. The van der Waals surface area contributed by atoms with Crippen LogP contribution >= 0.6 is 0 Å². The zero-order valence-electron chi connectivity index (χ0n) is 19.5. The zero-order valence-corrected chi connectivity index (χ0v) is 20.4. The molecule has 1 aromatic heterocycles. The first-order valence-corrected chi connectivity index (χ1v) is 12.3. The van der Waals surface area contributed by atoms with Crippen LogP contribution < -0.4 is 0 Å². The van der Waals surface area contributed by atoms with Gasteiger partial charge in [-0.25, -0.2) is 8.42 Å². The molecule has 2 heterocycles. The monoisotopic (exact) mass is 468 g/mol. The van der Waals surface area contributed by atoms with Crippen molar-refractivity contribution < 1.29 is 17.7 Å².